The van der Waals surface area contributed by atoms with Crippen molar-refractivity contribution in [1.82, 2.24) is 14.6 Å². The van der Waals surface area contributed by atoms with Gasteiger partial charge in [0.25, 0.3) is 0 Å². The van der Waals surface area contributed by atoms with Crippen LogP contribution in [-0.2, 0) is 4.74 Å². The summed E-state index contributed by atoms with van der Waals surface area (Å²) in [6.07, 6.45) is -0.981. The van der Waals surface area contributed by atoms with E-state index in [0.29, 0.717) is 5.82 Å². The van der Waals surface area contributed by atoms with Gasteiger partial charge in [0.1, 0.15) is 12.1 Å². The maximum absolute atomic E-state index is 11.9. The van der Waals surface area contributed by atoms with Crippen LogP contribution in [0.3, 0.4) is 0 Å². The van der Waals surface area contributed by atoms with E-state index >= 15 is 0 Å². The first-order chi connectivity index (χ1) is 9.87. The lowest BCUT2D eigenvalue weighted by molar-refractivity contribution is -0.172. The van der Waals surface area contributed by atoms with E-state index in [0.717, 1.165) is 11.2 Å². The van der Waals surface area contributed by atoms with Crippen molar-refractivity contribution in [2.75, 3.05) is 25.1 Å². The van der Waals surface area contributed by atoms with E-state index in [4.69, 9.17) is 0 Å². The number of hydrogen-bond acceptors (Lipinski definition) is 4. The Bertz CT molecular complexity index is 595. The third-order valence-corrected chi connectivity index (χ3v) is 2.80. The van der Waals surface area contributed by atoms with E-state index in [1.165, 1.54) is 0 Å². The van der Waals surface area contributed by atoms with Crippen molar-refractivity contribution in [1.29, 1.82) is 0 Å². The third-order valence-electron chi connectivity index (χ3n) is 2.80. The van der Waals surface area contributed by atoms with Crippen LogP contribution < -0.4 is 5.32 Å². The van der Waals surface area contributed by atoms with E-state index in [9.17, 15) is 13.2 Å². The minimum atomic E-state index is -4.30. The second-order valence-electron chi connectivity index (χ2n) is 4.92. The molecule has 0 aliphatic heterocycles. The van der Waals surface area contributed by atoms with Gasteiger partial charge in [0, 0.05) is 18.9 Å². The molecule has 0 aliphatic rings. The predicted octanol–water partition coefficient (Wildman–Crippen LogP) is 2.84. The molecule has 8 heteroatoms. The number of fused-ring (bicyclic) bond motifs is 1. The van der Waals surface area contributed by atoms with Gasteiger partial charge in [0.05, 0.1) is 12.3 Å². The van der Waals surface area contributed by atoms with Crippen molar-refractivity contribution in [3.8, 4) is 0 Å². The first-order valence-electron chi connectivity index (χ1n) is 6.59. The molecular formula is C13H17F3N4O. The van der Waals surface area contributed by atoms with Gasteiger partial charge in [-0.15, -0.1) is 0 Å². The van der Waals surface area contributed by atoms with Crippen molar-refractivity contribution in [2.24, 2.45) is 0 Å². The first-order valence-corrected chi connectivity index (χ1v) is 6.59. The van der Waals surface area contributed by atoms with E-state index in [1.807, 2.05) is 19.9 Å². The molecule has 2 rings (SSSR count). The van der Waals surface area contributed by atoms with Gasteiger partial charge in [-0.3, -0.25) is 0 Å². The number of ether oxygens (including phenoxy) is 1. The number of nitrogens with one attached hydrogen (secondary N) is 1. The molecule has 0 spiro atoms. The molecule has 0 unspecified atom stereocenters. The van der Waals surface area contributed by atoms with Gasteiger partial charge < -0.3 is 10.1 Å². The molecule has 2 aromatic heterocycles. The van der Waals surface area contributed by atoms with Crippen LogP contribution in [0.5, 0.6) is 0 Å². The number of halogens is 3. The van der Waals surface area contributed by atoms with Crippen LogP contribution in [0.2, 0.25) is 0 Å². The van der Waals surface area contributed by atoms with E-state index in [1.54, 1.807) is 16.9 Å². The zero-order valence-electron chi connectivity index (χ0n) is 11.8. The second kappa shape index (κ2) is 6.30. The van der Waals surface area contributed by atoms with Gasteiger partial charge in [0.15, 0.2) is 5.82 Å². The Balaban J connectivity index is 1.96. The standard InChI is InChI=1S/C13H17F3N4O/c1-9(2)10-7-11-12(17-3-5-20(11)19-10)18-4-6-21-8-13(14,15)16/h3,5,7,9H,4,6,8H2,1-2H3,(H,17,18). The van der Waals surface area contributed by atoms with Crippen molar-refractivity contribution in [3.63, 3.8) is 0 Å². The van der Waals surface area contributed by atoms with Gasteiger partial charge in [-0.25, -0.2) is 9.50 Å². The highest BCUT2D eigenvalue weighted by atomic mass is 19.4. The Morgan fingerprint density at radius 3 is 2.81 bits per heavy atom. The fourth-order valence-electron chi connectivity index (χ4n) is 1.79. The molecule has 5 nitrogen and oxygen atoms in total. The molecule has 2 aromatic rings. The molecule has 21 heavy (non-hydrogen) atoms. The number of rotatable bonds is 6. The zero-order chi connectivity index (χ0) is 15.5. The Morgan fingerprint density at radius 1 is 1.38 bits per heavy atom. The number of nitrogens with zero attached hydrogens (tertiary/aromatic N) is 3. The fraction of sp³-hybridized carbons (Fsp3) is 0.538. The first kappa shape index (κ1) is 15.6. The van der Waals surface area contributed by atoms with Gasteiger partial charge in [-0.2, -0.15) is 18.3 Å². The minimum Gasteiger partial charge on any atom is -0.370 e. The summed E-state index contributed by atoms with van der Waals surface area (Å²) >= 11 is 0. The summed E-state index contributed by atoms with van der Waals surface area (Å²) in [6, 6.07) is 1.91. The molecule has 0 atom stereocenters. The van der Waals surface area contributed by atoms with Crippen LogP contribution in [0, 0.1) is 0 Å². The molecule has 0 saturated carbocycles. The highest BCUT2D eigenvalue weighted by Crippen LogP contribution is 2.19. The Morgan fingerprint density at radius 2 is 2.14 bits per heavy atom. The van der Waals surface area contributed by atoms with E-state index in [-0.39, 0.29) is 19.1 Å². The van der Waals surface area contributed by atoms with Crippen LogP contribution >= 0.6 is 0 Å². The quantitative estimate of drug-likeness (QED) is 0.834. The predicted molar refractivity (Wildman–Crippen MR) is 72.4 cm³/mol. The minimum absolute atomic E-state index is 0.0482. The fourth-order valence-corrected chi connectivity index (χ4v) is 1.79. The maximum Gasteiger partial charge on any atom is 0.411 e. The Kier molecular flexibility index (Phi) is 4.66. The van der Waals surface area contributed by atoms with Crippen LogP contribution in [-0.4, -0.2) is 40.5 Å². The Labute approximate surface area is 120 Å². The number of anilines is 1. The molecule has 116 valence electrons. The molecule has 0 amide bonds. The topological polar surface area (TPSA) is 51.5 Å². The molecule has 0 bridgehead atoms. The lowest BCUT2D eigenvalue weighted by Gasteiger charge is -2.09. The number of aromatic nitrogens is 3. The van der Waals surface area contributed by atoms with Crippen LogP contribution in [0.25, 0.3) is 5.52 Å². The largest absolute Gasteiger partial charge is 0.411 e. The average molecular weight is 302 g/mol. The normalized spacial score (nSPS) is 12.3. The lowest BCUT2D eigenvalue weighted by atomic mass is 10.1. The van der Waals surface area contributed by atoms with Gasteiger partial charge in [-0.1, -0.05) is 13.8 Å². The summed E-state index contributed by atoms with van der Waals surface area (Å²) in [5, 5.41) is 7.37. The van der Waals surface area contributed by atoms with Gasteiger partial charge in [0.2, 0.25) is 0 Å². The second-order valence-corrected chi connectivity index (χ2v) is 4.92. The summed E-state index contributed by atoms with van der Waals surface area (Å²) in [6.45, 7) is 3.02. The zero-order valence-corrected chi connectivity index (χ0v) is 11.8. The van der Waals surface area contributed by atoms with Crippen molar-refractivity contribution < 1.29 is 17.9 Å². The molecule has 0 aromatic carbocycles. The summed E-state index contributed by atoms with van der Waals surface area (Å²) < 4.78 is 42.0. The highest BCUT2D eigenvalue weighted by Gasteiger charge is 2.27. The van der Waals surface area contributed by atoms with Crippen LogP contribution in [0.4, 0.5) is 19.0 Å². The highest BCUT2D eigenvalue weighted by molar-refractivity contribution is 5.67. The van der Waals surface area contributed by atoms with Crippen molar-refractivity contribution >= 4 is 11.3 Å². The molecular weight excluding hydrogens is 285 g/mol. The molecule has 2 heterocycles. The molecule has 0 fully saturated rings. The van der Waals surface area contributed by atoms with E-state index in [2.05, 4.69) is 20.1 Å². The van der Waals surface area contributed by atoms with Crippen molar-refractivity contribution in [3.05, 3.63) is 24.2 Å². The molecule has 0 radical (unpaired) electrons. The average Bonchev–Trinajstić information content (AvgIpc) is 2.82. The SMILES string of the molecule is CC(C)c1cc2c(NCCOCC(F)(F)F)nccn2n1. The summed E-state index contributed by atoms with van der Waals surface area (Å²) in [5.74, 6) is 0.861. The molecule has 0 aliphatic carbocycles. The number of alkyl halides is 3. The lowest BCUT2D eigenvalue weighted by Crippen LogP contribution is -2.20. The van der Waals surface area contributed by atoms with Gasteiger partial charge in [-0.05, 0) is 12.0 Å². The molecule has 1 N–H and O–H groups in total. The van der Waals surface area contributed by atoms with Gasteiger partial charge >= 0.3 is 6.18 Å². The van der Waals surface area contributed by atoms with Crippen molar-refractivity contribution in [2.45, 2.75) is 25.9 Å². The van der Waals surface area contributed by atoms with Crippen LogP contribution in [0.15, 0.2) is 18.5 Å². The smallest absolute Gasteiger partial charge is 0.370 e. The van der Waals surface area contributed by atoms with E-state index < -0.39 is 12.8 Å². The number of hydrogen-bond donors (Lipinski definition) is 1. The molecule has 0 saturated heterocycles. The maximum atomic E-state index is 11.9. The third kappa shape index (κ3) is 4.32. The monoisotopic (exact) mass is 302 g/mol. The Hall–Kier alpha value is -1.83. The summed E-state index contributed by atoms with van der Waals surface area (Å²) in [7, 11) is 0. The summed E-state index contributed by atoms with van der Waals surface area (Å²) in [5.41, 5.74) is 1.72. The van der Waals surface area contributed by atoms with Crippen LogP contribution in [0.1, 0.15) is 25.5 Å². The summed E-state index contributed by atoms with van der Waals surface area (Å²) in [4.78, 5) is 4.18.